The topological polar surface area (TPSA) is 50.2 Å². The fourth-order valence-electron chi connectivity index (χ4n) is 4.19. The largest absolute Gasteiger partial charge is 0.410 e. The van der Waals surface area contributed by atoms with Gasteiger partial charge in [0.05, 0.1) is 6.04 Å². The van der Waals surface area contributed by atoms with Crippen LogP contribution in [0.25, 0.3) is 0 Å². The van der Waals surface area contributed by atoms with Crippen molar-refractivity contribution in [1.82, 2.24) is 14.7 Å². The zero-order valence-electron chi connectivity index (χ0n) is 15.9. The zero-order chi connectivity index (χ0) is 20.9. The van der Waals surface area contributed by atoms with Gasteiger partial charge in [0.1, 0.15) is 5.82 Å². The Morgan fingerprint density at radius 1 is 1.17 bits per heavy atom. The first-order valence-corrected chi connectivity index (χ1v) is 10.6. The highest BCUT2D eigenvalue weighted by atomic mass is 32.1. The second-order valence-electron chi connectivity index (χ2n) is 7.61. The molecule has 0 unspecified atom stereocenters. The van der Waals surface area contributed by atoms with Gasteiger partial charge in [-0.3, -0.25) is 4.79 Å². The molecule has 2 aliphatic heterocycles. The summed E-state index contributed by atoms with van der Waals surface area (Å²) in [6, 6.07) is 10.7. The number of halogens is 3. The lowest BCUT2D eigenvalue weighted by Crippen LogP contribution is -2.37. The molecule has 1 N–H and O–H groups in total. The summed E-state index contributed by atoms with van der Waals surface area (Å²) >= 11 is 1.41. The van der Waals surface area contributed by atoms with E-state index < -0.39 is 18.3 Å². The first-order chi connectivity index (χ1) is 14.4. The maximum absolute atomic E-state index is 13.8. The van der Waals surface area contributed by atoms with Gasteiger partial charge in [-0.15, -0.1) is 11.3 Å². The fourth-order valence-corrected chi connectivity index (χ4v) is 4.98. The molecule has 0 aliphatic carbocycles. The van der Waals surface area contributed by atoms with Crippen LogP contribution in [0.5, 0.6) is 0 Å². The molecule has 0 saturated carbocycles. The number of amides is 1. The van der Waals surface area contributed by atoms with Crippen LogP contribution in [0.4, 0.5) is 19.0 Å². The standard InChI is InChI=1S/C21H19F3N4OS/c22-21(23,24)18-10-15(17-6-3-9-30-17)25-19-11-16(26-28(18)19)20(29)27-8-7-13-4-1-2-5-14(13)12-27/h1-6,9,11,15,18,25H,7-8,10,12H2/t15-,18+/m0/s1. The number of thiophene rings is 1. The molecule has 2 aromatic heterocycles. The van der Waals surface area contributed by atoms with Gasteiger partial charge in [-0.25, -0.2) is 4.68 Å². The predicted octanol–water partition coefficient (Wildman–Crippen LogP) is 4.80. The number of anilines is 1. The highest BCUT2D eigenvalue weighted by Gasteiger charge is 2.47. The number of alkyl halides is 3. The molecule has 0 fully saturated rings. The van der Waals surface area contributed by atoms with Gasteiger partial charge in [0.25, 0.3) is 5.91 Å². The molecule has 2 atom stereocenters. The summed E-state index contributed by atoms with van der Waals surface area (Å²) in [6.45, 7) is 0.955. The molecule has 5 nitrogen and oxygen atoms in total. The summed E-state index contributed by atoms with van der Waals surface area (Å²) in [7, 11) is 0. The van der Waals surface area contributed by atoms with Gasteiger partial charge in [0, 0.05) is 30.5 Å². The van der Waals surface area contributed by atoms with Crippen molar-refractivity contribution in [3.8, 4) is 0 Å². The van der Waals surface area contributed by atoms with Crippen molar-refractivity contribution < 1.29 is 18.0 Å². The average Bonchev–Trinajstić information content (AvgIpc) is 3.41. The van der Waals surface area contributed by atoms with Gasteiger partial charge in [-0.1, -0.05) is 30.3 Å². The van der Waals surface area contributed by atoms with Crippen molar-refractivity contribution >= 4 is 23.1 Å². The number of carbonyl (C=O) groups excluding carboxylic acids is 1. The maximum atomic E-state index is 13.8. The molecule has 1 amide bonds. The van der Waals surface area contributed by atoms with Crippen molar-refractivity contribution in [2.75, 3.05) is 11.9 Å². The third kappa shape index (κ3) is 3.36. The lowest BCUT2D eigenvalue weighted by Gasteiger charge is -2.32. The van der Waals surface area contributed by atoms with Gasteiger partial charge >= 0.3 is 6.18 Å². The van der Waals surface area contributed by atoms with Gasteiger partial charge < -0.3 is 10.2 Å². The number of carbonyl (C=O) groups is 1. The molecule has 5 rings (SSSR count). The lowest BCUT2D eigenvalue weighted by atomic mass is 10.00. The van der Waals surface area contributed by atoms with Crippen LogP contribution >= 0.6 is 11.3 Å². The van der Waals surface area contributed by atoms with Crippen LogP contribution in [-0.4, -0.2) is 33.3 Å². The molecular weight excluding hydrogens is 413 g/mol. The second kappa shape index (κ2) is 7.16. The Labute approximate surface area is 175 Å². The minimum absolute atomic E-state index is 0.0398. The number of nitrogens with zero attached hydrogens (tertiary/aromatic N) is 3. The van der Waals surface area contributed by atoms with Gasteiger partial charge in [-0.05, 0) is 29.0 Å². The van der Waals surface area contributed by atoms with E-state index in [0.717, 1.165) is 21.5 Å². The Kier molecular flexibility index (Phi) is 4.57. The summed E-state index contributed by atoms with van der Waals surface area (Å²) in [5.41, 5.74) is 2.30. The van der Waals surface area contributed by atoms with E-state index in [0.29, 0.717) is 13.1 Å². The van der Waals surface area contributed by atoms with E-state index in [9.17, 15) is 18.0 Å². The number of nitrogens with one attached hydrogen (secondary N) is 1. The highest BCUT2D eigenvalue weighted by molar-refractivity contribution is 7.10. The zero-order valence-corrected chi connectivity index (χ0v) is 16.7. The Hall–Kier alpha value is -2.81. The molecule has 4 heterocycles. The van der Waals surface area contributed by atoms with Crippen LogP contribution in [0.15, 0.2) is 47.8 Å². The van der Waals surface area contributed by atoms with E-state index in [4.69, 9.17) is 0 Å². The molecule has 9 heteroatoms. The molecule has 3 aromatic rings. The number of hydrogen-bond acceptors (Lipinski definition) is 4. The molecule has 0 bridgehead atoms. The van der Waals surface area contributed by atoms with Crippen molar-refractivity contribution in [3.05, 3.63) is 69.5 Å². The Balaban J connectivity index is 1.44. The number of benzene rings is 1. The van der Waals surface area contributed by atoms with Gasteiger partial charge in [0.2, 0.25) is 0 Å². The molecule has 0 saturated heterocycles. The molecule has 156 valence electrons. The van der Waals surface area contributed by atoms with Crippen LogP contribution < -0.4 is 5.32 Å². The Morgan fingerprint density at radius 3 is 2.70 bits per heavy atom. The third-order valence-electron chi connectivity index (χ3n) is 5.71. The molecule has 0 spiro atoms. The predicted molar refractivity (Wildman–Crippen MR) is 108 cm³/mol. The summed E-state index contributed by atoms with van der Waals surface area (Å²) in [5.74, 6) is -0.121. The Bertz CT molecular complexity index is 1080. The SMILES string of the molecule is O=C(c1cc2n(n1)[C@@H](C(F)(F)F)C[C@@H](c1cccs1)N2)N1CCc2ccccc2C1. The van der Waals surface area contributed by atoms with E-state index >= 15 is 0 Å². The average molecular weight is 432 g/mol. The number of aromatic nitrogens is 2. The van der Waals surface area contributed by atoms with Crippen LogP contribution in [0.3, 0.4) is 0 Å². The number of rotatable bonds is 2. The van der Waals surface area contributed by atoms with Gasteiger partial charge in [-0.2, -0.15) is 18.3 Å². The summed E-state index contributed by atoms with van der Waals surface area (Å²) in [5, 5.41) is 9.07. The second-order valence-corrected chi connectivity index (χ2v) is 8.59. The third-order valence-corrected chi connectivity index (χ3v) is 6.70. The summed E-state index contributed by atoms with van der Waals surface area (Å²) < 4.78 is 42.3. The highest BCUT2D eigenvalue weighted by Crippen LogP contribution is 2.44. The molecule has 2 aliphatic rings. The number of fused-ring (bicyclic) bond motifs is 2. The molecule has 30 heavy (non-hydrogen) atoms. The van der Waals surface area contributed by atoms with Crippen molar-refractivity contribution in [2.45, 2.75) is 37.6 Å². The first kappa shape index (κ1) is 19.2. The van der Waals surface area contributed by atoms with Crippen LogP contribution in [-0.2, 0) is 13.0 Å². The van der Waals surface area contributed by atoms with Crippen LogP contribution in [0.2, 0.25) is 0 Å². The molecule has 0 radical (unpaired) electrons. The fraction of sp³-hybridized carbons (Fsp3) is 0.333. The van der Waals surface area contributed by atoms with Gasteiger partial charge in [0.15, 0.2) is 11.7 Å². The lowest BCUT2D eigenvalue weighted by molar-refractivity contribution is -0.173. The minimum atomic E-state index is -4.46. The molecular formula is C21H19F3N4OS. The van der Waals surface area contributed by atoms with Crippen molar-refractivity contribution in [1.29, 1.82) is 0 Å². The van der Waals surface area contributed by atoms with E-state index in [2.05, 4.69) is 10.4 Å². The number of hydrogen-bond donors (Lipinski definition) is 1. The van der Waals surface area contributed by atoms with Crippen molar-refractivity contribution in [3.63, 3.8) is 0 Å². The van der Waals surface area contributed by atoms with E-state index in [1.54, 1.807) is 4.90 Å². The minimum Gasteiger partial charge on any atom is -0.363 e. The van der Waals surface area contributed by atoms with Crippen LogP contribution in [0.1, 0.15) is 45.0 Å². The first-order valence-electron chi connectivity index (χ1n) is 9.72. The maximum Gasteiger partial charge on any atom is 0.410 e. The van der Waals surface area contributed by atoms with E-state index in [1.807, 2.05) is 41.8 Å². The van der Waals surface area contributed by atoms with E-state index in [-0.39, 0.29) is 23.8 Å². The van der Waals surface area contributed by atoms with E-state index in [1.165, 1.54) is 23.0 Å². The van der Waals surface area contributed by atoms with Crippen molar-refractivity contribution in [2.24, 2.45) is 0 Å². The van der Waals surface area contributed by atoms with Crippen LogP contribution in [0, 0.1) is 0 Å². The summed E-state index contributed by atoms with van der Waals surface area (Å²) in [4.78, 5) is 15.5. The Morgan fingerprint density at radius 2 is 1.97 bits per heavy atom. The summed E-state index contributed by atoms with van der Waals surface area (Å²) in [6.07, 6.45) is -3.90. The monoisotopic (exact) mass is 432 g/mol. The quantitative estimate of drug-likeness (QED) is 0.633. The smallest absolute Gasteiger partial charge is 0.363 e. The molecule has 1 aromatic carbocycles. The normalized spacial score (nSPS) is 21.0.